The van der Waals surface area contributed by atoms with Crippen LogP contribution in [0, 0.1) is 6.42 Å². The molecule has 0 fully saturated rings. The van der Waals surface area contributed by atoms with Gasteiger partial charge in [0.2, 0.25) is 0 Å². The molecule has 0 N–H and O–H groups in total. The lowest BCUT2D eigenvalue weighted by Crippen LogP contribution is -2.08. The van der Waals surface area contributed by atoms with E-state index in [9.17, 15) is 0 Å². The molecule has 0 unspecified atom stereocenters. The summed E-state index contributed by atoms with van der Waals surface area (Å²) in [4.78, 5) is 0. The molecule has 0 saturated carbocycles. The first kappa shape index (κ1) is 8.52. The first-order valence-electron chi connectivity index (χ1n) is 5.91. The number of benzene rings is 1. The van der Waals surface area contributed by atoms with Gasteiger partial charge in [-0.25, -0.2) is 0 Å². The average Bonchev–Trinajstić information content (AvgIpc) is 2.26. The van der Waals surface area contributed by atoms with Gasteiger partial charge in [0.15, 0.2) is 0 Å². The van der Waals surface area contributed by atoms with E-state index in [0.717, 1.165) is 0 Å². The van der Waals surface area contributed by atoms with Crippen LogP contribution in [0.15, 0.2) is 12.1 Å². The van der Waals surface area contributed by atoms with Gasteiger partial charge >= 0.3 is 0 Å². The minimum Gasteiger partial charge on any atom is -0.0553 e. The monoisotopic (exact) mass is 185 g/mol. The van der Waals surface area contributed by atoms with Crippen molar-refractivity contribution in [2.24, 2.45) is 0 Å². The van der Waals surface area contributed by atoms with E-state index in [1.54, 1.807) is 16.7 Å². The third-order valence-electron chi connectivity index (χ3n) is 3.62. The highest BCUT2D eigenvalue weighted by atomic mass is 14.2. The fourth-order valence-electron chi connectivity index (χ4n) is 2.81. The molecule has 0 spiro atoms. The number of aryl methyl sites for hydroxylation is 3. The Bertz CT molecular complexity index is 283. The van der Waals surface area contributed by atoms with Crippen LogP contribution in [0.3, 0.4) is 0 Å². The molecule has 0 aliphatic heterocycles. The van der Waals surface area contributed by atoms with E-state index in [1.165, 1.54) is 50.5 Å². The van der Waals surface area contributed by atoms with Crippen molar-refractivity contribution in [1.82, 2.24) is 0 Å². The molecule has 0 atom stereocenters. The summed E-state index contributed by atoms with van der Waals surface area (Å²) >= 11 is 0. The predicted molar refractivity (Wildman–Crippen MR) is 59.4 cm³/mol. The van der Waals surface area contributed by atoms with Crippen LogP contribution >= 0.6 is 0 Å². The molecule has 14 heavy (non-hydrogen) atoms. The largest absolute Gasteiger partial charge is 0.0553 e. The summed E-state index contributed by atoms with van der Waals surface area (Å²) < 4.78 is 0. The number of hydrogen-bond donors (Lipinski definition) is 0. The average molecular weight is 185 g/mol. The molecule has 0 saturated heterocycles. The molecule has 2 aliphatic rings. The van der Waals surface area contributed by atoms with Crippen LogP contribution < -0.4 is 0 Å². The van der Waals surface area contributed by atoms with Crippen molar-refractivity contribution in [3.05, 3.63) is 40.8 Å². The van der Waals surface area contributed by atoms with Crippen molar-refractivity contribution >= 4 is 0 Å². The molecule has 73 valence electrons. The van der Waals surface area contributed by atoms with Crippen LogP contribution in [0.1, 0.15) is 47.9 Å². The summed E-state index contributed by atoms with van der Waals surface area (Å²) in [5, 5.41) is 0. The lowest BCUT2D eigenvalue weighted by atomic mass is 9.83. The molecule has 0 aromatic heterocycles. The second-order valence-corrected chi connectivity index (χ2v) is 4.62. The van der Waals surface area contributed by atoms with E-state index in [1.807, 2.05) is 0 Å². The highest BCUT2D eigenvalue weighted by Crippen LogP contribution is 2.29. The Labute approximate surface area is 86.3 Å². The summed E-state index contributed by atoms with van der Waals surface area (Å²) in [6, 6.07) is 4.95. The van der Waals surface area contributed by atoms with Gasteiger partial charge in [0, 0.05) is 0 Å². The molecule has 1 aromatic carbocycles. The van der Waals surface area contributed by atoms with Gasteiger partial charge in [-0.2, -0.15) is 0 Å². The number of fused-ring (bicyclic) bond motifs is 2. The van der Waals surface area contributed by atoms with E-state index in [4.69, 9.17) is 0 Å². The highest BCUT2D eigenvalue weighted by molar-refractivity contribution is 5.44. The fourth-order valence-corrected chi connectivity index (χ4v) is 2.81. The third-order valence-corrected chi connectivity index (χ3v) is 3.62. The van der Waals surface area contributed by atoms with Crippen molar-refractivity contribution < 1.29 is 0 Å². The summed E-state index contributed by atoms with van der Waals surface area (Å²) in [6.07, 6.45) is 11.8. The smallest absolute Gasteiger partial charge is 0.00900 e. The zero-order chi connectivity index (χ0) is 9.38. The standard InChI is InChI=1S/C14H17/c1-2-6-12-10-14-8-4-3-7-13(14)9-11(12)5-1/h5,9-10H,1-4,6-8H2. The number of rotatable bonds is 0. The normalized spacial score (nSPS) is 20.0. The van der Waals surface area contributed by atoms with Crippen LogP contribution in [-0.4, -0.2) is 0 Å². The fraction of sp³-hybridized carbons (Fsp3) is 0.500. The van der Waals surface area contributed by atoms with Crippen LogP contribution in [0.5, 0.6) is 0 Å². The third kappa shape index (κ3) is 1.37. The Morgan fingerprint density at radius 3 is 2.29 bits per heavy atom. The van der Waals surface area contributed by atoms with E-state index in [-0.39, 0.29) is 0 Å². The van der Waals surface area contributed by atoms with Gasteiger partial charge in [0.1, 0.15) is 0 Å². The zero-order valence-corrected chi connectivity index (χ0v) is 8.68. The molecular formula is C14H17. The molecule has 0 amide bonds. The molecule has 0 heteroatoms. The van der Waals surface area contributed by atoms with Gasteiger partial charge < -0.3 is 0 Å². The first-order chi connectivity index (χ1) is 6.93. The quantitative estimate of drug-likeness (QED) is 0.580. The SMILES string of the molecule is [CH]1CCCc2cc3c(cc21)CCCC3. The van der Waals surface area contributed by atoms with Gasteiger partial charge in [0.25, 0.3) is 0 Å². The van der Waals surface area contributed by atoms with E-state index >= 15 is 0 Å². The van der Waals surface area contributed by atoms with Crippen molar-refractivity contribution in [3.8, 4) is 0 Å². The van der Waals surface area contributed by atoms with Crippen LogP contribution in [0.4, 0.5) is 0 Å². The Kier molecular flexibility index (Phi) is 2.08. The van der Waals surface area contributed by atoms with Gasteiger partial charge in [-0.3, -0.25) is 0 Å². The maximum atomic E-state index is 2.49. The van der Waals surface area contributed by atoms with Crippen LogP contribution in [0.2, 0.25) is 0 Å². The predicted octanol–water partition coefficient (Wildman–Crippen LogP) is 3.45. The molecule has 1 radical (unpaired) electrons. The van der Waals surface area contributed by atoms with Crippen molar-refractivity contribution in [1.29, 1.82) is 0 Å². The maximum Gasteiger partial charge on any atom is -0.00900 e. The second-order valence-electron chi connectivity index (χ2n) is 4.62. The molecule has 1 aromatic rings. The summed E-state index contributed by atoms with van der Waals surface area (Å²) in [6.45, 7) is 0. The minimum absolute atomic E-state index is 1.28. The van der Waals surface area contributed by atoms with Gasteiger partial charge in [0.05, 0.1) is 0 Å². The van der Waals surface area contributed by atoms with Crippen LogP contribution in [0.25, 0.3) is 0 Å². The molecule has 0 nitrogen and oxygen atoms in total. The Morgan fingerprint density at radius 2 is 1.43 bits per heavy atom. The van der Waals surface area contributed by atoms with Crippen molar-refractivity contribution in [2.75, 3.05) is 0 Å². The van der Waals surface area contributed by atoms with E-state index in [2.05, 4.69) is 18.6 Å². The molecule has 0 heterocycles. The zero-order valence-electron chi connectivity index (χ0n) is 8.68. The maximum absolute atomic E-state index is 2.49. The second kappa shape index (κ2) is 3.42. The van der Waals surface area contributed by atoms with Gasteiger partial charge in [-0.1, -0.05) is 12.1 Å². The van der Waals surface area contributed by atoms with Gasteiger partial charge in [-0.05, 0) is 73.6 Å². The molecule has 0 bridgehead atoms. The Balaban J connectivity index is 2.06. The molecular weight excluding hydrogens is 168 g/mol. The molecule has 3 rings (SSSR count). The number of hydrogen-bond acceptors (Lipinski definition) is 0. The Hall–Kier alpha value is -0.780. The summed E-state index contributed by atoms with van der Waals surface area (Å²) in [5.41, 5.74) is 6.42. The van der Waals surface area contributed by atoms with E-state index in [0.29, 0.717) is 0 Å². The van der Waals surface area contributed by atoms with E-state index < -0.39 is 0 Å². The summed E-state index contributed by atoms with van der Waals surface area (Å²) in [5.74, 6) is 0. The summed E-state index contributed by atoms with van der Waals surface area (Å²) in [7, 11) is 0. The highest BCUT2D eigenvalue weighted by Gasteiger charge is 2.15. The Morgan fingerprint density at radius 1 is 0.714 bits per heavy atom. The van der Waals surface area contributed by atoms with Gasteiger partial charge in [-0.15, -0.1) is 0 Å². The first-order valence-corrected chi connectivity index (χ1v) is 5.91. The lowest BCUT2D eigenvalue weighted by Gasteiger charge is -2.22. The minimum atomic E-state index is 1.28. The topological polar surface area (TPSA) is 0 Å². The van der Waals surface area contributed by atoms with Crippen molar-refractivity contribution in [2.45, 2.75) is 44.9 Å². The van der Waals surface area contributed by atoms with Crippen molar-refractivity contribution in [3.63, 3.8) is 0 Å². The lowest BCUT2D eigenvalue weighted by molar-refractivity contribution is 0.678. The van der Waals surface area contributed by atoms with Crippen LogP contribution in [-0.2, 0) is 19.3 Å². The molecule has 2 aliphatic carbocycles.